The number of anilines is 2. The van der Waals surface area contributed by atoms with E-state index in [1.807, 2.05) is 0 Å². The number of sulfonamides is 1. The third kappa shape index (κ3) is 2.30. The maximum absolute atomic E-state index is 12.2. The Kier molecular flexibility index (Phi) is 3.00. The van der Waals surface area contributed by atoms with Crippen molar-refractivity contribution in [3.8, 4) is 0 Å². The topological polar surface area (TPSA) is 101 Å². The minimum atomic E-state index is -3.68. The van der Waals surface area contributed by atoms with Crippen LogP contribution in [0.4, 0.5) is 11.6 Å². The molecule has 0 saturated heterocycles. The van der Waals surface area contributed by atoms with Crippen LogP contribution in [0.1, 0.15) is 11.1 Å². The first kappa shape index (κ1) is 12.4. The molecule has 7 heteroatoms. The highest BCUT2D eigenvalue weighted by molar-refractivity contribution is 7.92. The number of nitrogens with two attached hydrogens (primary N) is 1. The van der Waals surface area contributed by atoms with Crippen molar-refractivity contribution in [3.63, 3.8) is 0 Å². The van der Waals surface area contributed by atoms with E-state index in [2.05, 4.69) is 14.7 Å². The number of hydrogen-bond donors (Lipinski definition) is 3. The zero-order chi connectivity index (χ0) is 13.3. The maximum atomic E-state index is 12.2. The van der Waals surface area contributed by atoms with Gasteiger partial charge in [0.15, 0.2) is 0 Å². The van der Waals surface area contributed by atoms with Gasteiger partial charge in [0.1, 0.15) is 0 Å². The number of aromatic nitrogens is 2. The largest absolute Gasteiger partial charge is 0.398 e. The van der Waals surface area contributed by atoms with Crippen molar-refractivity contribution in [1.29, 1.82) is 0 Å². The van der Waals surface area contributed by atoms with Crippen molar-refractivity contribution < 1.29 is 8.42 Å². The van der Waals surface area contributed by atoms with Crippen molar-refractivity contribution in [2.45, 2.75) is 18.7 Å². The second-order valence-corrected chi connectivity index (χ2v) is 5.67. The monoisotopic (exact) mass is 266 g/mol. The number of benzene rings is 1. The molecule has 6 nitrogen and oxygen atoms in total. The lowest BCUT2D eigenvalue weighted by Crippen LogP contribution is -2.16. The average molecular weight is 266 g/mol. The molecule has 96 valence electrons. The maximum Gasteiger partial charge on any atom is 0.264 e. The van der Waals surface area contributed by atoms with Gasteiger partial charge in [0.2, 0.25) is 5.95 Å². The van der Waals surface area contributed by atoms with E-state index in [1.54, 1.807) is 26.0 Å². The van der Waals surface area contributed by atoms with Gasteiger partial charge in [-0.3, -0.25) is 0 Å². The van der Waals surface area contributed by atoms with Gasteiger partial charge in [-0.1, -0.05) is 0 Å². The number of aryl methyl sites for hydroxylation is 1. The summed E-state index contributed by atoms with van der Waals surface area (Å²) in [5, 5.41) is 0. The Bertz CT molecular complexity index is 663. The van der Waals surface area contributed by atoms with Crippen LogP contribution in [-0.2, 0) is 10.0 Å². The van der Waals surface area contributed by atoms with E-state index >= 15 is 0 Å². The molecule has 1 heterocycles. The summed E-state index contributed by atoms with van der Waals surface area (Å²) in [6.45, 7) is 3.47. The van der Waals surface area contributed by atoms with Crippen LogP contribution in [0.25, 0.3) is 0 Å². The number of H-pyrrole nitrogens is 1. The highest BCUT2D eigenvalue weighted by Crippen LogP contribution is 2.24. The predicted octanol–water partition coefficient (Wildman–Crippen LogP) is 1.41. The number of rotatable bonds is 3. The van der Waals surface area contributed by atoms with Gasteiger partial charge >= 0.3 is 0 Å². The normalized spacial score (nSPS) is 11.4. The van der Waals surface area contributed by atoms with Gasteiger partial charge < -0.3 is 10.7 Å². The summed E-state index contributed by atoms with van der Waals surface area (Å²) in [7, 11) is -3.68. The Balaban J connectivity index is 2.48. The molecule has 1 aromatic carbocycles. The molecule has 0 atom stereocenters. The van der Waals surface area contributed by atoms with E-state index in [0.717, 1.165) is 5.56 Å². The summed E-state index contributed by atoms with van der Waals surface area (Å²) < 4.78 is 26.8. The van der Waals surface area contributed by atoms with Gasteiger partial charge in [-0.25, -0.2) is 18.1 Å². The fraction of sp³-hybridized carbons (Fsp3) is 0.182. The first-order chi connectivity index (χ1) is 8.40. The van der Waals surface area contributed by atoms with Crippen molar-refractivity contribution in [2.75, 3.05) is 10.5 Å². The van der Waals surface area contributed by atoms with E-state index in [1.165, 1.54) is 12.4 Å². The lowest BCUT2D eigenvalue weighted by Gasteiger charge is -2.11. The minimum absolute atomic E-state index is 0.163. The lowest BCUT2D eigenvalue weighted by molar-refractivity contribution is 0.600. The number of nitrogens with zero attached hydrogens (tertiary/aromatic N) is 1. The highest BCUT2D eigenvalue weighted by Gasteiger charge is 2.19. The molecule has 0 aliphatic carbocycles. The van der Waals surface area contributed by atoms with Gasteiger partial charge in [0.25, 0.3) is 10.0 Å². The molecule has 0 aliphatic heterocycles. The van der Waals surface area contributed by atoms with E-state index in [9.17, 15) is 8.42 Å². The molecular formula is C11H14N4O2S. The van der Waals surface area contributed by atoms with Gasteiger partial charge in [0.05, 0.1) is 4.90 Å². The van der Waals surface area contributed by atoms with E-state index in [-0.39, 0.29) is 10.8 Å². The molecule has 1 aromatic heterocycles. The first-order valence-corrected chi connectivity index (χ1v) is 6.77. The quantitative estimate of drug-likeness (QED) is 0.731. The molecule has 4 N–H and O–H groups in total. The molecule has 2 aromatic rings. The third-order valence-corrected chi connectivity index (χ3v) is 4.03. The van der Waals surface area contributed by atoms with Crippen LogP contribution in [0, 0.1) is 13.8 Å². The molecule has 0 saturated carbocycles. The lowest BCUT2D eigenvalue weighted by atomic mass is 10.1. The zero-order valence-corrected chi connectivity index (χ0v) is 10.9. The third-order valence-electron chi connectivity index (χ3n) is 2.56. The Morgan fingerprint density at radius 3 is 2.67 bits per heavy atom. The van der Waals surface area contributed by atoms with Gasteiger partial charge in [-0.2, -0.15) is 0 Å². The Hall–Kier alpha value is -2.02. The van der Waals surface area contributed by atoms with Crippen LogP contribution in [-0.4, -0.2) is 18.4 Å². The summed E-state index contributed by atoms with van der Waals surface area (Å²) in [4.78, 5) is 6.67. The molecule has 0 unspecified atom stereocenters. The Morgan fingerprint density at radius 2 is 2.06 bits per heavy atom. The van der Waals surface area contributed by atoms with Crippen molar-refractivity contribution in [3.05, 3.63) is 35.7 Å². The average Bonchev–Trinajstić information content (AvgIpc) is 2.75. The summed E-state index contributed by atoms with van der Waals surface area (Å²) in [6.07, 6.45) is 3.00. The second-order valence-electron chi connectivity index (χ2n) is 4.02. The molecule has 2 rings (SSSR count). The second kappa shape index (κ2) is 4.34. The standard InChI is InChI=1S/C11H14N4O2S/c1-7-5-9(12)8(2)10(6-7)18(16,17)15-11-13-3-4-14-11/h3-6H,12H2,1-2H3,(H2,13,14,15). The number of hydrogen-bond acceptors (Lipinski definition) is 4. The number of nitrogen functional groups attached to an aromatic ring is 1. The van der Waals surface area contributed by atoms with E-state index < -0.39 is 10.0 Å². The first-order valence-electron chi connectivity index (χ1n) is 5.29. The molecule has 0 fully saturated rings. The number of aromatic amines is 1. The number of nitrogens with one attached hydrogen (secondary N) is 2. The zero-order valence-electron chi connectivity index (χ0n) is 10.1. The van der Waals surface area contributed by atoms with E-state index in [4.69, 9.17) is 5.73 Å². The molecule has 0 bridgehead atoms. The predicted molar refractivity (Wildman–Crippen MR) is 69.7 cm³/mol. The van der Waals surface area contributed by atoms with Crippen molar-refractivity contribution >= 4 is 21.7 Å². The fourth-order valence-corrected chi connectivity index (χ4v) is 2.97. The molecule has 0 spiro atoms. The van der Waals surface area contributed by atoms with Gasteiger partial charge in [-0.15, -0.1) is 0 Å². The van der Waals surface area contributed by atoms with Crippen LogP contribution in [0.2, 0.25) is 0 Å². The van der Waals surface area contributed by atoms with Crippen LogP contribution in [0.15, 0.2) is 29.4 Å². The molecular weight excluding hydrogens is 252 g/mol. The molecule has 0 radical (unpaired) electrons. The Morgan fingerprint density at radius 1 is 1.33 bits per heavy atom. The number of imidazole rings is 1. The molecule has 0 aliphatic rings. The SMILES string of the molecule is Cc1cc(N)c(C)c(S(=O)(=O)Nc2ncc[nH]2)c1. The fourth-order valence-electron chi connectivity index (χ4n) is 1.63. The van der Waals surface area contributed by atoms with Crippen LogP contribution in [0.5, 0.6) is 0 Å². The summed E-state index contributed by atoms with van der Waals surface area (Å²) in [6, 6.07) is 3.32. The Labute approximate surface area is 105 Å². The molecule has 0 amide bonds. The summed E-state index contributed by atoms with van der Waals surface area (Å²) in [5.41, 5.74) is 7.55. The highest BCUT2D eigenvalue weighted by atomic mass is 32.2. The van der Waals surface area contributed by atoms with Crippen LogP contribution in [0.3, 0.4) is 0 Å². The summed E-state index contributed by atoms with van der Waals surface area (Å²) in [5.74, 6) is 0.175. The summed E-state index contributed by atoms with van der Waals surface area (Å²) >= 11 is 0. The smallest absolute Gasteiger partial charge is 0.264 e. The molecule has 18 heavy (non-hydrogen) atoms. The van der Waals surface area contributed by atoms with Gasteiger partial charge in [-0.05, 0) is 37.1 Å². The van der Waals surface area contributed by atoms with Crippen molar-refractivity contribution in [1.82, 2.24) is 9.97 Å². The van der Waals surface area contributed by atoms with E-state index in [0.29, 0.717) is 11.3 Å². The minimum Gasteiger partial charge on any atom is -0.398 e. The van der Waals surface area contributed by atoms with Crippen molar-refractivity contribution in [2.24, 2.45) is 0 Å². The van der Waals surface area contributed by atoms with Gasteiger partial charge in [0, 0.05) is 18.1 Å². The van der Waals surface area contributed by atoms with Crippen LogP contribution < -0.4 is 10.5 Å². The van der Waals surface area contributed by atoms with Crippen LogP contribution >= 0.6 is 0 Å².